The third-order valence-corrected chi connectivity index (χ3v) is 5.00. The summed E-state index contributed by atoms with van der Waals surface area (Å²) in [6, 6.07) is 26.0. The lowest BCUT2D eigenvalue weighted by molar-refractivity contribution is 0.104. The van der Waals surface area contributed by atoms with Crippen molar-refractivity contribution in [2.45, 2.75) is 6.61 Å². The zero-order valence-electron chi connectivity index (χ0n) is 17.1. The summed E-state index contributed by atoms with van der Waals surface area (Å²) in [7, 11) is 1.62. The summed E-state index contributed by atoms with van der Waals surface area (Å²) in [5, 5.41) is 11.6. The number of fused-ring (bicyclic) bond motifs is 1. The van der Waals surface area contributed by atoms with Crippen LogP contribution in [0.5, 0.6) is 17.2 Å². The van der Waals surface area contributed by atoms with Crippen molar-refractivity contribution in [2.24, 2.45) is 0 Å². The first kappa shape index (κ1) is 20.2. The van der Waals surface area contributed by atoms with Gasteiger partial charge in [0.1, 0.15) is 23.9 Å². The maximum Gasteiger partial charge on any atom is 0.185 e. The van der Waals surface area contributed by atoms with Crippen LogP contribution in [0.15, 0.2) is 91.0 Å². The highest BCUT2D eigenvalue weighted by Crippen LogP contribution is 2.25. The molecule has 1 N–H and O–H groups in total. The van der Waals surface area contributed by atoms with E-state index in [1.807, 2.05) is 48.5 Å². The van der Waals surface area contributed by atoms with Crippen molar-refractivity contribution in [2.75, 3.05) is 7.11 Å². The van der Waals surface area contributed by atoms with Gasteiger partial charge in [-0.2, -0.15) is 0 Å². The molecule has 0 saturated carbocycles. The molecule has 4 aromatic carbocycles. The number of hydrogen-bond donors (Lipinski definition) is 1. The Morgan fingerprint density at radius 1 is 0.903 bits per heavy atom. The average molecular weight is 410 g/mol. The van der Waals surface area contributed by atoms with Crippen LogP contribution in [-0.2, 0) is 6.61 Å². The van der Waals surface area contributed by atoms with E-state index in [0.29, 0.717) is 12.2 Å². The van der Waals surface area contributed by atoms with Crippen LogP contribution in [0.2, 0.25) is 0 Å². The predicted molar refractivity (Wildman–Crippen MR) is 123 cm³/mol. The second kappa shape index (κ2) is 9.18. The van der Waals surface area contributed by atoms with Gasteiger partial charge in [-0.05, 0) is 70.9 Å². The first-order valence-corrected chi connectivity index (χ1v) is 9.92. The van der Waals surface area contributed by atoms with Gasteiger partial charge in [-0.1, -0.05) is 42.5 Å². The Kier molecular flexibility index (Phi) is 5.99. The van der Waals surface area contributed by atoms with Crippen LogP contribution in [-0.4, -0.2) is 18.0 Å². The minimum atomic E-state index is -0.134. The molecule has 0 aliphatic rings. The van der Waals surface area contributed by atoms with Crippen molar-refractivity contribution in [1.29, 1.82) is 0 Å². The zero-order chi connectivity index (χ0) is 21.6. The molecule has 31 heavy (non-hydrogen) atoms. The Morgan fingerprint density at radius 3 is 2.45 bits per heavy atom. The number of ketones is 1. The van der Waals surface area contributed by atoms with Gasteiger partial charge in [0, 0.05) is 11.1 Å². The van der Waals surface area contributed by atoms with E-state index < -0.39 is 0 Å². The molecule has 0 saturated heterocycles. The van der Waals surface area contributed by atoms with E-state index in [4.69, 9.17) is 9.47 Å². The molecule has 0 aliphatic heterocycles. The van der Waals surface area contributed by atoms with Crippen LogP contribution < -0.4 is 9.47 Å². The molecule has 0 spiro atoms. The van der Waals surface area contributed by atoms with Crippen molar-refractivity contribution < 1.29 is 19.4 Å². The van der Waals surface area contributed by atoms with E-state index in [-0.39, 0.29) is 11.5 Å². The summed E-state index contributed by atoms with van der Waals surface area (Å²) < 4.78 is 11.5. The van der Waals surface area contributed by atoms with Crippen molar-refractivity contribution in [3.63, 3.8) is 0 Å². The Hall–Kier alpha value is -4.05. The fourth-order valence-corrected chi connectivity index (χ4v) is 3.33. The Labute approximate surface area is 181 Å². The molecule has 0 radical (unpaired) electrons. The Morgan fingerprint density at radius 2 is 1.68 bits per heavy atom. The summed E-state index contributed by atoms with van der Waals surface area (Å²) in [6.07, 6.45) is 3.27. The summed E-state index contributed by atoms with van der Waals surface area (Å²) in [5.41, 5.74) is 2.27. The van der Waals surface area contributed by atoms with Crippen LogP contribution in [0.3, 0.4) is 0 Å². The van der Waals surface area contributed by atoms with E-state index in [0.717, 1.165) is 33.4 Å². The largest absolute Gasteiger partial charge is 0.508 e. The second-order valence-corrected chi connectivity index (χ2v) is 7.11. The van der Waals surface area contributed by atoms with Gasteiger partial charge in [0.25, 0.3) is 0 Å². The molecular formula is C27H22O4. The standard InChI is InChI=1S/C27H22O4/c1-30-27-15-7-19(6-14-26(29)21-8-11-24(28)12-9-21)16-23(27)18-31-25-13-10-20-4-2-3-5-22(20)17-25/h2-17,28H,18H2,1H3/b14-6+. The molecule has 0 heterocycles. The number of carbonyl (C=O) groups excluding carboxylic acids is 1. The molecule has 0 aromatic heterocycles. The van der Waals surface area contributed by atoms with Gasteiger partial charge >= 0.3 is 0 Å². The number of ether oxygens (including phenoxy) is 2. The van der Waals surface area contributed by atoms with Crippen LogP contribution in [0, 0.1) is 0 Å². The highest BCUT2D eigenvalue weighted by molar-refractivity contribution is 6.06. The number of rotatable bonds is 7. The van der Waals surface area contributed by atoms with Crippen LogP contribution >= 0.6 is 0 Å². The smallest absolute Gasteiger partial charge is 0.185 e. The summed E-state index contributed by atoms with van der Waals surface area (Å²) in [5.74, 6) is 1.50. The molecule has 0 amide bonds. The molecule has 0 fully saturated rings. The number of aromatic hydroxyl groups is 1. The first-order valence-electron chi connectivity index (χ1n) is 9.92. The molecule has 4 rings (SSSR count). The maximum atomic E-state index is 12.3. The number of benzene rings is 4. The highest BCUT2D eigenvalue weighted by Gasteiger charge is 2.07. The quantitative estimate of drug-likeness (QED) is 0.299. The molecule has 4 heteroatoms. The topological polar surface area (TPSA) is 55.8 Å². The Balaban J connectivity index is 1.50. The first-order chi connectivity index (χ1) is 15.1. The predicted octanol–water partition coefficient (Wildman–Crippen LogP) is 6.03. The summed E-state index contributed by atoms with van der Waals surface area (Å²) in [4.78, 5) is 12.3. The van der Waals surface area contributed by atoms with Crippen molar-refractivity contribution in [3.8, 4) is 17.2 Å². The van der Waals surface area contributed by atoms with Crippen molar-refractivity contribution in [3.05, 3.63) is 108 Å². The number of methoxy groups -OCH3 is 1. The Bertz CT molecular complexity index is 1240. The molecular weight excluding hydrogens is 388 g/mol. The minimum Gasteiger partial charge on any atom is -0.508 e. The SMILES string of the molecule is COc1ccc(/C=C/C(=O)c2ccc(O)cc2)cc1COc1ccc2ccccc2c1. The molecule has 154 valence electrons. The van der Waals surface area contributed by atoms with Crippen molar-refractivity contribution in [1.82, 2.24) is 0 Å². The van der Waals surface area contributed by atoms with Crippen LogP contribution in [0.25, 0.3) is 16.8 Å². The van der Waals surface area contributed by atoms with Gasteiger partial charge < -0.3 is 14.6 Å². The lowest BCUT2D eigenvalue weighted by Gasteiger charge is -2.12. The molecule has 0 aliphatic carbocycles. The molecule has 0 atom stereocenters. The molecule has 0 bridgehead atoms. The zero-order valence-corrected chi connectivity index (χ0v) is 17.1. The van der Waals surface area contributed by atoms with Crippen molar-refractivity contribution >= 4 is 22.6 Å². The third kappa shape index (κ3) is 4.93. The fourth-order valence-electron chi connectivity index (χ4n) is 3.33. The van der Waals surface area contributed by atoms with E-state index in [1.165, 1.54) is 18.2 Å². The fraction of sp³-hybridized carbons (Fsp3) is 0.0741. The van der Waals surface area contributed by atoms with E-state index in [1.54, 1.807) is 25.3 Å². The monoisotopic (exact) mass is 410 g/mol. The van der Waals surface area contributed by atoms with E-state index in [2.05, 4.69) is 12.1 Å². The third-order valence-electron chi connectivity index (χ3n) is 5.00. The number of hydrogen-bond acceptors (Lipinski definition) is 4. The highest BCUT2D eigenvalue weighted by atomic mass is 16.5. The van der Waals surface area contributed by atoms with Crippen LogP contribution in [0.1, 0.15) is 21.5 Å². The van der Waals surface area contributed by atoms with Gasteiger partial charge in [0.15, 0.2) is 5.78 Å². The van der Waals surface area contributed by atoms with E-state index >= 15 is 0 Å². The normalized spacial score (nSPS) is 11.0. The van der Waals surface area contributed by atoms with Gasteiger partial charge in [0.05, 0.1) is 7.11 Å². The van der Waals surface area contributed by atoms with Crippen LogP contribution in [0.4, 0.5) is 0 Å². The second-order valence-electron chi connectivity index (χ2n) is 7.11. The summed E-state index contributed by atoms with van der Waals surface area (Å²) >= 11 is 0. The minimum absolute atomic E-state index is 0.131. The average Bonchev–Trinajstić information content (AvgIpc) is 2.81. The van der Waals surface area contributed by atoms with E-state index in [9.17, 15) is 9.90 Å². The lowest BCUT2D eigenvalue weighted by Crippen LogP contribution is -1.99. The number of phenolic OH excluding ortho intramolecular Hbond substituents is 1. The van der Waals surface area contributed by atoms with Gasteiger partial charge in [0.2, 0.25) is 0 Å². The maximum absolute atomic E-state index is 12.3. The van der Waals surface area contributed by atoms with Gasteiger partial charge in [-0.3, -0.25) is 4.79 Å². The molecule has 4 nitrogen and oxygen atoms in total. The molecule has 4 aromatic rings. The number of phenols is 1. The van der Waals surface area contributed by atoms with Gasteiger partial charge in [-0.15, -0.1) is 0 Å². The molecule has 0 unspecified atom stereocenters. The van der Waals surface area contributed by atoms with Gasteiger partial charge in [-0.25, -0.2) is 0 Å². The number of allylic oxidation sites excluding steroid dienone is 1. The summed E-state index contributed by atoms with van der Waals surface area (Å²) in [6.45, 7) is 0.342. The number of carbonyl (C=O) groups is 1. The lowest BCUT2D eigenvalue weighted by atomic mass is 10.1.